The molecule has 31 heavy (non-hydrogen) atoms. The van der Waals surface area contributed by atoms with Gasteiger partial charge in [-0.15, -0.1) is 0 Å². The zero-order valence-electron chi connectivity index (χ0n) is 15.7. The standard InChI is InChI=1S/C22H14ClF3N4O/c23-15-8-9-18-17(11-15)19(30-21(27)29-18)13-2-1-3-16(10-13)28-20(31)12-4-6-14(7-5-12)22(24,25)26/h1-11H,(H,28,31)(H2,27,29,30). The number of nitrogens with zero attached hydrogens (tertiary/aromatic N) is 2. The van der Waals surface area contributed by atoms with E-state index in [-0.39, 0.29) is 11.5 Å². The fourth-order valence-corrected chi connectivity index (χ4v) is 3.27. The summed E-state index contributed by atoms with van der Waals surface area (Å²) in [5.74, 6) is -0.454. The molecule has 0 aliphatic carbocycles. The first-order chi connectivity index (χ1) is 14.7. The van der Waals surface area contributed by atoms with Gasteiger partial charge < -0.3 is 11.1 Å². The van der Waals surface area contributed by atoms with E-state index in [0.717, 1.165) is 24.3 Å². The Bertz CT molecular complexity index is 1290. The van der Waals surface area contributed by atoms with Crippen LogP contribution in [0.1, 0.15) is 15.9 Å². The number of halogens is 4. The fourth-order valence-electron chi connectivity index (χ4n) is 3.10. The molecule has 0 unspecified atom stereocenters. The fraction of sp³-hybridized carbons (Fsp3) is 0.0455. The quantitative estimate of drug-likeness (QED) is 0.420. The summed E-state index contributed by atoms with van der Waals surface area (Å²) in [6.45, 7) is 0. The predicted octanol–water partition coefficient (Wildman–Crippen LogP) is 5.80. The van der Waals surface area contributed by atoms with Crippen molar-refractivity contribution in [3.8, 4) is 11.3 Å². The number of carbonyl (C=O) groups is 1. The minimum absolute atomic E-state index is 0.0871. The number of nitrogens with two attached hydrogens (primary N) is 1. The average molecular weight is 443 g/mol. The molecule has 156 valence electrons. The molecule has 0 fully saturated rings. The lowest BCUT2D eigenvalue weighted by atomic mass is 10.1. The number of anilines is 2. The highest BCUT2D eigenvalue weighted by atomic mass is 35.5. The van der Waals surface area contributed by atoms with Gasteiger partial charge in [0.1, 0.15) is 0 Å². The van der Waals surface area contributed by atoms with Gasteiger partial charge in [0.2, 0.25) is 5.95 Å². The van der Waals surface area contributed by atoms with Crippen molar-refractivity contribution in [3.63, 3.8) is 0 Å². The Hall–Kier alpha value is -3.65. The van der Waals surface area contributed by atoms with Crippen LogP contribution >= 0.6 is 11.6 Å². The Morgan fingerprint density at radius 1 is 0.968 bits per heavy atom. The molecule has 0 atom stereocenters. The first-order valence-corrected chi connectivity index (χ1v) is 9.40. The lowest BCUT2D eigenvalue weighted by molar-refractivity contribution is -0.137. The van der Waals surface area contributed by atoms with Crippen molar-refractivity contribution in [2.75, 3.05) is 11.1 Å². The lowest BCUT2D eigenvalue weighted by Gasteiger charge is -2.11. The number of rotatable bonds is 3. The van der Waals surface area contributed by atoms with Crippen molar-refractivity contribution in [2.45, 2.75) is 6.18 Å². The summed E-state index contributed by atoms with van der Waals surface area (Å²) in [6.07, 6.45) is -4.46. The van der Waals surface area contributed by atoms with Gasteiger partial charge in [-0.25, -0.2) is 9.97 Å². The number of hydrogen-bond acceptors (Lipinski definition) is 4. The molecule has 9 heteroatoms. The molecule has 3 N–H and O–H groups in total. The molecule has 4 rings (SSSR count). The second-order valence-electron chi connectivity index (χ2n) is 6.70. The summed E-state index contributed by atoms with van der Waals surface area (Å²) in [4.78, 5) is 21.0. The van der Waals surface area contributed by atoms with E-state index in [0.29, 0.717) is 32.9 Å². The van der Waals surface area contributed by atoms with E-state index in [1.807, 2.05) is 0 Å². The number of nitrogen functional groups attached to an aromatic ring is 1. The maximum absolute atomic E-state index is 12.7. The second-order valence-corrected chi connectivity index (χ2v) is 7.14. The highest BCUT2D eigenvalue weighted by molar-refractivity contribution is 6.31. The summed E-state index contributed by atoms with van der Waals surface area (Å²) >= 11 is 6.11. The van der Waals surface area contributed by atoms with Crippen molar-refractivity contribution < 1.29 is 18.0 Å². The number of aromatic nitrogens is 2. The number of amides is 1. The molecule has 0 radical (unpaired) electrons. The van der Waals surface area contributed by atoms with Crippen LogP contribution in [0.4, 0.5) is 24.8 Å². The van der Waals surface area contributed by atoms with Gasteiger partial charge >= 0.3 is 6.18 Å². The summed E-state index contributed by atoms with van der Waals surface area (Å²) in [6, 6.07) is 16.0. The monoisotopic (exact) mass is 442 g/mol. The van der Waals surface area contributed by atoms with Gasteiger partial charge in [0, 0.05) is 27.2 Å². The molecule has 3 aromatic carbocycles. The normalized spacial score (nSPS) is 11.5. The Balaban J connectivity index is 1.65. The maximum Gasteiger partial charge on any atom is 0.416 e. The second kappa shape index (κ2) is 7.88. The SMILES string of the molecule is Nc1nc(-c2cccc(NC(=O)c3ccc(C(F)(F)F)cc3)c2)c2cc(Cl)ccc2n1. The molecule has 1 amide bonds. The van der Waals surface area contributed by atoms with Crippen LogP contribution in [0.3, 0.4) is 0 Å². The number of benzene rings is 3. The van der Waals surface area contributed by atoms with E-state index < -0.39 is 17.6 Å². The molecule has 0 aliphatic heterocycles. The average Bonchev–Trinajstić information content (AvgIpc) is 2.73. The van der Waals surface area contributed by atoms with Gasteiger partial charge in [-0.05, 0) is 54.6 Å². The van der Waals surface area contributed by atoms with Crippen LogP contribution in [-0.2, 0) is 6.18 Å². The Morgan fingerprint density at radius 3 is 2.42 bits per heavy atom. The summed E-state index contributed by atoms with van der Waals surface area (Å²) in [7, 11) is 0. The predicted molar refractivity (Wildman–Crippen MR) is 114 cm³/mol. The van der Waals surface area contributed by atoms with E-state index in [1.54, 1.807) is 42.5 Å². The van der Waals surface area contributed by atoms with Gasteiger partial charge in [-0.3, -0.25) is 4.79 Å². The smallest absolute Gasteiger partial charge is 0.368 e. The third-order valence-corrected chi connectivity index (χ3v) is 4.78. The molecular weight excluding hydrogens is 429 g/mol. The minimum Gasteiger partial charge on any atom is -0.368 e. The van der Waals surface area contributed by atoms with Crippen LogP contribution in [0.15, 0.2) is 66.7 Å². The molecule has 0 spiro atoms. The minimum atomic E-state index is -4.46. The third-order valence-electron chi connectivity index (χ3n) is 4.54. The van der Waals surface area contributed by atoms with E-state index in [4.69, 9.17) is 17.3 Å². The molecule has 0 bridgehead atoms. The van der Waals surface area contributed by atoms with E-state index in [2.05, 4.69) is 15.3 Å². The first-order valence-electron chi connectivity index (χ1n) is 9.02. The van der Waals surface area contributed by atoms with E-state index in [1.165, 1.54) is 0 Å². The van der Waals surface area contributed by atoms with Crippen LogP contribution in [0.2, 0.25) is 5.02 Å². The van der Waals surface area contributed by atoms with Crippen LogP contribution in [0.5, 0.6) is 0 Å². The van der Waals surface area contributed by atoms with Crippen LogP contribution in [-0.4, -0.2) is 15.9 Å². The third kappa shape index (κ3) is 4.44. The van der Waals surface area contributed by atoms with Gasteiger partial charge in [-0.1, -0.05) is 23.7 Å². The summed E-state index contributed by atoms with van der Waals surface area (Å²) in [5, 5.41) is 3.88. The number of carbonyl (C=O) groups excluding carboxylic acids is 1. The molecular formula is C22H14ClF3N4O. The number of fused-ring (bicyclic) bond motifs is 1. The Morgan fingerprint density at radius 2 is 1.71 bits per heavy atom. The van der Waals surface area contributed by atoms with Gasteiger partial charge in [-0.2, -0.15) is 13.2 Å². The number of hydrogen-bond donors (Lipinski definition) is 2. The molecule has 0 aliphatic rings. The first kappa shape index (κ1) is 20.6. The highest BCUT2D eigenvalue weighted by Crippen LogP contribution is 2.31. The molecule has 0 saturated carbocycles. The highest BCUT2D eigenvalue weighted by Gasteiger charge is 2.30. The van der Waals surface area contributed by atoms with E-state index >= 15 is 0 Å². The zero-order chi connectivity index (χ0) is 22.2. The van der Waals surface area contributed by atoms with Crippen LogP contribution in [0.25, 0.3) is 22.2 Å². The zero-order valence-corrected chi connectivity index (χ0v) is 16.5. The van der Waals surface area contributed by atoms with Crippen molar-refractivity contribution >= 4 is 40.0 Å². The Labute approximate surface area is 179 Å². The molecule has 5 nitrogen and oxygen atoms in total. The molecule has 1 aromatic heterocycles. The molecule has 1 heterocycles. The van der Waals surface area contributed by atoms with E-state index in [9.17, 15) is 18.0 Å². The topological polar surface area (TPSA) is 80.9 Å². The van der Waals surface area contributed by atoms with Crippen LogP contribution in [0, 0.1) is 0 Å². The molecule has 0 saturated heterocycles. The Kier molecular flexibility index (Phi) is 5.24. The lowest BCUT2D eigenvalue weighted by Crippen LogP contribution is -2.13. The van der Waals surface area contributed by atoms with Crippen molar-refractivity contribution in [1.82, 2.24) is 9.97 Å². The van der Waals surface area contributed by atoms with Crippen molar-refractivity contribution in [2.24, 2.45) is 0 Å². The number of alkyl halides is 3. The van der Waals surface area contributed by atoms with Gasteiger partial charge in [0.05, 0.1) is 16.8 Å². The van der Waals surface area contributed by atoms with Gasteiger partial charge in [0.15, 0.2) is 0 Å². The summed E-state index contributed by atoms with van der Waals surface area (Å²) in [5.41, 5.74) is 7.36. The molecule has 4 aromatic rings. The maximum atomic E-state index is 12.7. The number of nitrogens with one attached hydrogen (secondary N) is 1. The van der Waals surface area contributed by atoms with Crippen molar-refractivity contribution in [3.05, 3.63) is 82.9 Å². The largest absolute Gasteiger partial charge is 0.416 e. The van der Waals surface area contributed by atoms with Crippen molar-refractivity contribution in [1.29, 1.82) is 0 Å². The van der Waals surface area contributed by atoms with Gasteiger partial charge in [0.25, 0.3) is 5.91 Å². The summed E-state index contributed by atoms with van der Waals surface area (Å²) < 4.78 is 38.1. The van der Waals surface area contributed by atoms with Crippen LogP contribution < -0.4 is 11.1 Å².